The molecule has 0 heteroatoms. The topological polar surface area (TPSA) is 0 Å². The minimum Gasteiger partial charge on any atom is -0.0764 e. The Morgan fingerprint density at radius 3 is 2.92 bits per heavy atom. The second-order valence-electron chi connectivity index (χ2n) is 3.89. The Balaban J connectivity index is 2.34. The number of hydrogen-bond donors (Lipinski definition) is 0. The van der Waals surface area contributed by atoms with E-state index in [2.05, 4.69) is 44.2 Å². The summed E-state index contributed by atoms with van der Waals surface area (Å²) in [5, 5.41) is 0. The largest absolute Gasteiger partial charge is 0.0764 e. The SMILES string of the molecule is CCCC1C=Cc2ccc(C)cc21. The summed E-state index contributed by atoms with van der Waals surface area (Å²) < 4.78 is 0. The van der Waals surface area contributed by atoms with Crippen LogP contribution < -0.4 is 0 Å². The first-order valence-electron chi connectivity index (χ1n) is 5.10. The Hall–Kier alpha value is -1.04. The van der Waals surface area contributed by atoms with Crippen molar-refractivity contribution < 1.29 is 0 Å². The van der Waals surface area contributed by atoms with Crippen LogP contribution in [0.1, 0.15) is 42.4 Å². The van der Waals surface area contributed by atoms with E-state index in [0.717, 1.165) is 0 Å². The molecule has 0 spiro atoms. The van der Waals surface area contributed by atoms with Crippen LogP contribution in [0.5, 0.6) is 0 Å². The molecule has 0 aromatic heterocycles. The van der Waals surface area contributed by atoms with Crippen LogP contribution >= 0.6 is 0 Å². The first-order chi connectivity index (χ1) is 6.31. The molecule has 1 aromatic carbocycles. The quantitative estimate of drug-likeness (QED) is 0.634. The third-order valence-corrected chi connectivity index (χ3v) is 2.75. The maximum absolute atomic E-state index is 2.34. The summed E-state index contributed by atoms with van der Waals surface area (Å²) in [4.78, 5) is 0. The molecule has 0 nitrogen and oxygen atoms in total. The fourth-order valence-electron chi connectivity index (χ4n) is 2.05. The Morgan fingerprint density at radius 2 is 2.15 bits per heavy atom. The zero-order valence-corrected chi connectivity index (χ0v) is 8.38. The monoisotopic (exact) mass is 172 g/mol. The zero-order valence-electron chi connectivity index (χ0n) is 8.38. The van der Waals surface area contributed by atoms with Crippen LogP contribution in [-0.4, -0.2) is 0 Å². The third kappa shape index (κ3) is 1.53. The maximum Gasteiger partial charge on any atom is 0.00272 e. The number of aryl methyl sites for hydroxylation is 1. The van der Waals surface area contributed by atoms with E-state index in [-0.39, 0.29) is 0 Å². The average molecular weight is 172 g/mol. The van der Waals surface area contributed by atoms with Crippen molar-refractivity contribution in [3.63, 3.8) is 0 Å². The van der Waals surface area contributed by atoms with Crippen LogP contribution in [0.25, 0.3) is 6.08 Å². The third-order valence-electron chi connectivity index (χ3n) is 2.75. The first-order valence-corrected chi connectivity index (χ1v) is 5.10. The highest BCUT2D eigenvalue weighted by Gasteiger charge is 2.15. The minimum absolute atomic E-state index is 0.680. The van der Waals surface area contributed by atoms with Crippen molar-refractivity contribution in [2.75, 3.05) is 0 Å². The van der Waals surface area contributed by atoms with Crippen LogP contribution in [0.15, 0.2) is 24.3 Å². The molecule has 1 aliphatic carbocycles. The molecule has 1 unspecified atom stereocenters. The van der Waals surface area contributed by atoms with Gasteiger partial charge in [0, 0.05) is 5.92 Å². The molecule has 13 heavy (non-hydrogen) atoms. The van der Waals surface area contributed by atoms with Gasteiger partial charge in [0.05, 0.1) is 0 Å². The van der Waals surface area contributed by atoms with E-state index in [4.69, 9.17) is 0 Å². The molecule has 1 aliphatic rings. The summed E-state index contributed by atoms with van der Waals surface area (Å²) in [5.41, 5.74) is 4.33. The Morgan fingerprint density at radius 1 is 1.31 bits per heavy atom. The van der Waals surface area contributed by atoms with Gasteiger partial charge < -0.3 is 0 Å². The van der Waals surface area contributed by atoms with Gasteiger partial charge in [-0.2, -0.15) is 0 Å². The van der Waals surface area contributed by atoms with E-state index in [1.54, 1.807) is 0 Å². The highest BCUT2D eigenvalue weighted by Crippen LogP contribution is 2.33. The van der Waals surface area contributed by atoms with Gasteiger partial charge in [0.25, 0.3) is 0 Å². The van der Waals surface area contributed by atoms with E-state index >= 15 is 0 Å². The number of allylic oxidation sites excluding steroid dienone is 1. The first kappa shape index (κ1) is 8.55. The molecule has 0 saturated carbocycles. The average Bonchev–Trinajstić information content (AvgIpc) is 2.49. The van der Waals surface area contributed by atoms with Gasteiger partial charge in [-0.25, -0.2) is 0 Å². The van der Waals surface area contributed by atoms with Gasteiger partial charge in [0.15, 0.2) is 0 Å². The Labute approximate surface area is 80.3 Å². The second kappa shape index (κ2) is 3.37. The van der Waals surface area contributed by atoms with Crippen molar-refractivity contribution in [1.82, 2.24) is 0 Å². The minimum atomic E-state index is 0.680. The van der Waals surface area contributed by atoms with Crippen LogP contribution in [0.4, 0.5) is 0 Å². The lowest BCUT2D eigenvalue weighted by Crippen LogP contribution is -1.92. The molecule has 0 bridgehead atoms. The van der Waals surface area contributed by atoms with Crippen molar-refractivity contribution in [3.05, 3.63) is 41.0 Å². The summed E-state index contributed by atoms with van der Waals surface area (Å²) >= 11 is 0. The smallest absolute Gasteiger partial charge is 0.00272 e. The number of benzene rings is 1. The fourth-order valence-corrected chi connectivity index (χ4v) is 2.05. The molecule has 0 fully saturated rings. The molecule has 0 radical (unpaired) electrons. The number of fused-ring (bicyclic) bond motifs is 1. The lowest BCUT2D eigenvalue weighted by molar-refractivity contribution is 0.725. The molecule has 0 N–H and O–H groups in total. The Kier molecular flexibility index (Phi) is 2.22. The van der Waals surface area contributed by atoms with Gasteiger partial charge >= 0.3 is 0 Å². The van der Waals surface area contributed by atoms with Crippen LogP contribution in [-0.2, 0) is 0 Å². The summed E-state index contributed by atoms with van der Waals surface area (Å²) in [7, 11) is 0. The number of rotatable bonds is 2. The van der Waals surface area contributed by atoms with Gasteiger partial charge in [0.2, 0.25) is 0 Å². The second-order valence-corrected chi connectivity index (χ2v) is 3.89. The predicted octanol–water partition coefficient (Wildman–Crippen LogP) is 3.91. The Bertz CT molecular complexity index is 334. The molecular formula is C13H16. The van der Waals surface area contributed by atoms with Crippen molar-refractivity contribution in [2.45, 2.75) is 32.6 Å². The van der Waals surface area contributed by atoms with E-state index in [0.29, 0.717) is 5.92 Å². The van der Waals surface area contributed by atoms with Gasteiger partial charge in [-0.05, 0) is 24.5 Å². The molecule has 0 amide bonds. The lowest BCUT2D eigenvalue weighted by atomic mass is 9.95. The maximum atomic E-state index is 2.34. The standard InChI is InChI=1S/C13H16/c1-3-4-11-7-8-12-6-5-10(2)9-13(11)12/h5-9,11H,3-4H2,1-2H3. The van der Waals surface area contributed by atoms with Gasteiger partial charge in [-0.15, -0.1) is 0 Å². The summed E-state index contributed by atoms with van der Waals surface area (Å²) in [6.45, 7) is 4.42. The molecule has 68 valence electrons. The van der Waals surface area contributed by atoms with E-state index in [9.17, 15) is 0 Å². The van der Waals surface area contributed by atoms with E-state index in [1.807, 2.05) is 0 Å². The highest BCUT2D eigenvalue weighted by molar-refractivity contribution is 5.62. The lowest BCUT2D eigenvalue weighted by Gasteiger charge is -2.09. The van der Waals surface area contributed by atoms with Crippen molar-refractivity contribution >= 4 is 6.08 Å². The highest BCUT2D eigenvalue weighted by atomic mass is 14.2. The van der Waals surface area contributed by atoms with Crippen molar-refractivity contribution in [2.24, 2.45) is 0 Å². The summed E-state index contributed by atoms with van der Waals surface area (Å²) in [6.07, 6.45) is 7.15. The van der Waals surface area contributed by atoms with E-state index in [1.165, 1.54) is 29.5 Å². The van der Waals surface area contributed by atoms with Gasteiger partial charge in [-0.3, -0.25) is 0 Å². The molecule has 1 aromatic rings. The normalized spacial score (nSPS) is 19.1. The molecular weight excluding hydrogens is 156 g/mol. The molecule has 0 aliphatic heterocycles. The summed E-state index contributed by atoms with van der Waals surface area (Å²) in [6, 6.07) is 6.75. The molecule has 0 heterocycles. The van der Waals surface area contributed by atoms with Crippen LogP contribution in [0.3, 0.4) is 0 Å². The van der Waals surface area contributed by atoms with Gasteiger partial charge in [-0.1, -0.05) is 49.3 Å². The van der Waals surface area contributed by atoms with Crippen molar-refractivity contribution in [3.8, 4) is 0 Å². The predicted molar refractivity (Wildman–Crippen MR) is 57.9 cm³/mol. The molecule has 0 saturated heterocycles. The van der Waals surface area contributed by atoms with Gasteiger partial charge in [0.1, 0.15) is 0 Å². The van der Waals surface area contributed by atoms with Crippen molar-refractivity contribution in [1.29, 1.82) is 0 Å². The fraction of sp³-hybridized carbons (Fsp3) is 0.385. The molecule has 2 rings (SSSR count). The zero-order chi connectivity index (χ0) is 9.26. The summed E-state index contributed by atoms with van der Waals surface area (Å²) in [5.74, 6) is 0.680. The number of hydrogen-bond acceptors (Lipinski definition) is 0. The van der Waals surface area contributed by atoms with E-state index < -0.39 is 0 Å². The molecule has 1 atom stereocenters. The van der Waals surface area contributed by atoms with Crippen LogP contribution in [0, 0.1) is 6.92 Å². The van der Waals surface area contributed by atoms with Crippen LogP contribution in [0.2, 0.25) is 0 Å².